The fraction of sp³-hybridized carbons (Fsp3) is 0.148. The summed E-state index contributed by atoms with van der Waals surface area (Å²) >= 11 is 6.27. The highest BCUT2D eigenvalue weighted by Crippen LogP contribution is 2.36. The normalized spacial score (nSPS) is 13.3. The van der Waals surface area contributed by atoms with Gasteiger partial charge in [0.25, 0.3) is 17.7 Å². The minimum absolute atomic E-state index is 0.0428. The molecule has 0 unspecified atom stereocenters. The summed E-state index contributed by atoms with van der Waals surface area (Å²) in [5.41, 5.74) is 2.94. The molecule has 1 heterocycles. The lowest BCUT2D eigenvalue weighted by Gasteiger charge is -2.21. The molecule has 0 aromatic heterocycles. The van der Waals surface area contributed by atoms with Crippen molar-refractivity contribution < 1.29 is 19.1 Å². The molecule has 3 amide bonds. The first-order valence-corrected chi connectivity index (χ1v) is 11.4. The van der Waals surface area contributed by atoms with Crippen LogP contribution in [-0.2, 0) is 9.59 Å². The van der Waals surface area contributed by atoms with E-state index in [-0.39, 0.29) is 16.6 Å². The number of rotatable bonds is 7. The summed E-state index contributed by atoms with van der Waals surface area (Å²) in [7, 11) is 1.47. The van der Waals surface area contributed by atoms with E-state index in [1.54, 1.807) is 41.3 Å². The number of hydrogen-bond donors (Lipinski definition) is 1. The van der Waals surface area contributed by atoms with Gasteiger partial charge in [-0.3, -0.25) is 14.4 Å². The van der Waals surface area contributed by atoms with Crippen molar-refractivity contribution in [3.8, 4) is 5.75 Å². The molecule has 0 radical (unpaired) electrons. The van der Waals surface area contributed by atoms with E-state index >= 15 is 0 Å². The number of imide groups is 1. The molecule has 0 saturated heterocycles. The third kappa shape index (κ3) is 4.63. The number of benzene rings is 3. The van der Waals surface area contributed by atoms with Crippen LogP contribution >= 0.6 is 11.6 Å². The Bertz CT molecular complexity index is 1320. The van der Waals surface area contributed by atoms with Crippen LogP contribution in [0.25, 0.3) is 0 Å². The maximum atomic E-state index is 13.2. The van der Waals surface area contributed by atoms with E-state index < -0.39 is 11.8 Å². The molecule has 0 saturated carbocycles. The highest BCUT2D eigenvalue weighted by molar-refractivity contribution is 6.53. The molecule has 7 nitrogen and oxygen atoms in total. The van der Waals surface area contributed by atoms with Crippen molar-refractivity contribution in [2.24, 2.45) is 0 Å². The van der Waals surface area contributed by atoms with Crippen LogP contribution in [0.3, 0.4) is 0 Å². The number of carbonyl (C=O) groups excluding carboxylic acids is 3. The van der Waals surface area contributed by atoms with Gasteiger partial charge in [0.2, 0.25) is 0 Å². The highest BCUT2D eigenvalue weighted by atomic mass is 35.5. The van der Waals surface area contributed by atoms with Crippen LogP contribution in [0.4, 0.5) is 17.1 Å². The Morgan fingerprint density at radius 3 is 2.31 bits per heavy atom. The van der Waals surface area contributed by atoms with Gasteiger partial charge in [-0.1, -0.05) is 35.9 Å². The molecule has 4 rings (SSSR count). The summed E-state index contributed by atoms with van der Waals surface area (Å²) in [6.45, 7) is 4.27. The molecule has 3 aromatic carbocycles. The third-order valence-electron chi connectivity index (χ3n) is 5.63. The second-order valence-electron chi connectivity index (χ2n) is 7.90. The van der Waals surface area contributed by atoms with E-state index in [2.05, 4.69) is 5.32 Å². The first-order chi connectivity index (χ1) is 16.8. The smallest absolute Gasteiger partial charge is 0.283 e. The first kappa shape index (κ1) is 24.0. The Kier molecular flexibility index (Phi) is 6.89. The standard InChI is InChI=1S/C27H24ClN3O4/c1-4-30(20-8-6-5-7-9-20)25(32)18-11-13-19(14-12-18)29-24-23(28)26(33)31(27(24)34)21-16-17(2)10-15-22(21)35-3/h5-16,29H,4H2,1-3H3. The van der Waals surface area contributed by atoms with Gasteiger partial charge in [0, 0.05) is 23.5 Å². The first-order valence-electron chi connectivity index (χ1n) is 11.0. The molecule has 1 aliphatic rings. The molecule has 0 atom stereocenters. The third-order valence-corrected chi connectivity index (χ3v) is 5.98. The van der Waals surface area contributed by atoms with Gasteiger partial charge in [-0.05, 0) is 67.9 Å². The predicted molar refractivity (Wildman–Crippen MR) is 137 cm³/mol. The molecule has 3 aromatic rings. The second kappa shape index (κ2) is 10.0. The minimum atomic E-state index is -0.642. The Morgan fingerprint density at radius 1 is 1.00 bits per heavy atom. The van der Waals surface area contributed by atoms with Crippen molar-refractivity contribution in [1.82, 2.24) is 0 Å². The zero-order chi connectivity index (χ0) is 25.1. The molecule has 1 N–H and O–H groups in total. The number of nitrogens with zero attached hydrogens (tertiary/aromatic N) is 2. The van der Waals surface area contributed by atoms with Crippen LogP contribution in [0.1, 0.15) is 22.8 Å². The van der Waals surface area contributed by atoms with Gasteiger partial charge >= 0.3 is 0 Å². The number of aryl methyl sites for hydroxylation is 1. The van der Waals surface area contributed by atoms with Gasteiger partial charge in [-0.2, -0.15) is 0 Å². The van der Waals surface area contributed by atoms with Gasteiger partial charge in [0.1, 0.15) is 16.5 Å². The van der Waals surface area contributed by atoms with Gasteiger partial charge in [0.05, 0.1) is 12.8 Å². The van der Waals surface area contributed by atoms with Crippen molar-refractivity contribution >= 4 is 46.4 Å². The van der Waals surface area contributed by atoms with E-state index in [9.17, 15) is 14.4 Å². The number of carbonyl (C=O) groups is 3. The Morgan fingerprint density at radius 2 is 1.69 bits per heavy atom. The fourth-order valence-electron chi connectivity index (χ4n) is 3.85. The van der Waals surface area contributed by atoms with Gasteiger partial charge < -0.3 is 15.0 Å². The van der Waals surface area contributed by atoms with Crippen LogP contribution in [-0.4, -0.2) is 31.4 Å². The lowest BCUT2D eigenvalue weighted by atomic mass is 10.1. The molecule has 0 spiro atoms. The molecule has 35 heavy (non-hydrogen) atoms. The summed E-state index contributed by atoms with van der Waals surface area (Å²) in [5.74, 6) is -1.00. The Balaban J connectivity index is 1.55. The van der Waals surface area contributed by atoms with Crippen molar-refractivity contribution in [3.63, 3.8) is 0 Å². The molecule has 0 bridgehead atoms. The highest BCUT2D eigenvalue weighted by Gasteiger charge is 2.40. The number of nitrogens with one attached hydrogen (secondary N) is 1. The van der Waals surface area contributed by atoms with Crippen LogP contribution in [0.2, 0.25) is 0 Å². The number of methoxy groups -OCH3 is 1. The molecular formula is C27H24ClN3O4. The largest absolute Gasteiger partial charge is 0.495 e. The number of amides is 3. The van der Waals surface area contributed by atoms with Crippen LogP contribution in [0.5, 0.6) is 5.75 Å². The molecule has 1 aliphatic heterocycles. The van der Waals surface area contributed by atoms with E-state index in [1.165, 1.54) is 7.11 Å². The average Bonchev–Trinajstić information content (AvgIpc) is 3.08. The molecule has 0 fully saturated rings. The van der Waals surface area contributed by atoms with Crippen molar-refractivity contribution in [3.05, 3.63) is 94.7 Å². The molecular weight excluding hydrogens is 466 g/mol. The maximum Gasteiger partial charge on any atom is 0.283 e. The topological polar surface area (TPSA) is 79.0 Å². The fourth-order valence-corrected chi connectivity index (χ4v) is 4.07. The maximum absolute atomic E-state index is 13.2. The summed E-state index contributed by atoms with van der Waals surface area (Å²) in [4.78, 5) is 41.7. The van der Waals surface area contributed by atoms with E-state index in [4.69, 9.17) is 16.3 Å². The number of ether oxygens (including phenoxy) is 1. The zero-order valence-corrected chi connectivity index (χ0v) is 20.3. The van der Waals surface area contributed by atoms with Crippen molar-refractivity contribution in [2.45, 2.75) is 13.8 Å². The van der Waals surface area contributed by atoms with Crippen molar-refractivity contribution in [2.75, 3.05) is 28.8 Å². The van der Waals surface area contributed by atoms with Crippen molar-refractivity contribution in [1.29, 1.82) is 0 Å². The molecule has 0 aliphatic carbocycles. The Labute approximate surface area is 208 Å². The summed E-state index contributed by atoms with van der Waals surface area (Å²) < 4.78 is 5.33. The van der Waals surface area contributed by atoms with Gasteiger partial charge in [-0.15, -0.1) is 0 Å². The molecule has 178 valence electrons. The lowest BCUT2D eigenvalue weighted by molar-refractivity contribution is -0.120. The quantitative estimate of drug-likeness (QED) is 0.467. The predicted octanol–water partition coefficient (Wildman–Crippen LogP) is 5.11. The van der Waals surface area contributed by atoms with Gasteiger partial charge in [-0.25, -0.2) is 4.90 Å². The van der Waals surface area contributed by atoms with Crippen LogP contribution in [0.15, 0.2) is 83.5 Å². The van der Waals surface area contributed by atoms with E-state index in [0.29, 0.717) is 29.2 Å². The number of hydrogen-bond acceptors (Lipinski definition) is 5. The summed E-state index contributed by atoms with van der Waals surface area (Å²) in [5, 5.41) is 2.71. The number of para-hydroxylation sites is 1. The second-order valence-corrected chi connectivity index (χ2v) is 8.28. The summed E-state index contributed by atoms with van der Waals surface area (Å²) in [6, 6.07) is 21.3. The van der Waals surface area contributed by atoms with Gasteiger partial charge in [0.15, 0.2) is 0 Å². The number of halogens is 1. The summed E-state index contributed by atoms with van der Waals surface area (Å²) in [6.07, 6.45) is 0. The van der Waals surface area contributed by atoms with E-state index in [0.717, 1.165) is 16.2 Å². The lowest BCUT2D eigenvalue weighted by Crippen LogP contribution is -2.32. The zero-order valence-electron chi connectivity index (χ0n) is 19.5. The average molecular weight is 490 g/mol. The van der Waals surface area contributed by atoms with Crippen LogP contribution < -0.4 is 19.9 Å². The molecule has 8 heteroatoms. The SMILES string of the molecule is CCN(C(=O)c1ccc(NC2=C(Cl)C(=O)N(c3cc(C)ccc3OC)C2=O)cc1)c1ccccc1. The van der Waals surface area contributed by atoms with Crippen LogP contribution in [0, 0.1) is 6.92 Å². The number of anilines is 3. The Hall–Kier alpha value is -4.10. The van der Waals surface area contributed by atoms with E-state index in [1.807, 2.05) is 50.2 Å². The minimum Gasteiger partial charge on any atom is -0.495 e. The monoisotopic (exact) mass is 489 g/mol.